The summed E-state index contributed by atoms with van der Waals surface area (Å²) in [5.41, 5.74) is 6.09. The zero-order chi connectivity index (χ0) is 14.5. The van der Waals surface area contributed by atoms with Crippen LogP contribution in [-0.4, -0.2) is 34.3 Å². The smallest absolute Gasteiger partial charge is 0.237 e. The summed E-state index contributed by atoms with van der Waals surface area (Å²) in [6.07, 6.45) is 1.01. The van der Waals surface area contributed by atoms with Gasteiger partial charge in [0.1, 0.15) is 5.75 Å². The minimum Gasteiger partial charge on any atom is -0.508 e. The zero-order valence-electron chi connectivity index (χ0n) is 11.4. The standard InChI is InChI=1S/C14H22N2O3/c1-3-14(2,9-17)16-13(19)12(15)8-10-4-6-11(18)7-5-10/h4-7,12,17-18H,3,8-9,15H2,1-2H3,(H,16,19)/t12-,14?/m1/s1. The summed E-state index contributed by atoms with van der Waals surface area (Å²) in [6, 6.07) is 5.90. The van der Waals surface area contributed by atoms with Gasteiger partial charge < -0.3 is 21.3 Å². The average molecular weight is 266 g/mol. The first kappa shape index (κ1) is 15.5. The number of aromatic hydroxyl groups is 1. The van der Waals surface area contributed by atoms with Gasteiger partial charge in [-0.05, 0) is 37.5 Å². The highest BCUT2D eigenvalue weighted by molar-refractivity contribution is 5.82. The van der Waals surface area contributed by atoms with Crippen LogP contribution in [0.5, 0.6) is 5.75 Å². The Morgan fingerprint density at radius 1 is 1.42 bits per heavy atom. The third kappa shape index (κ3) is 4.54. The number of rotatable bonds is 6. The fraction of sp³-hybridized carbons (Fsp3) is 0.500. The first-order valence-electron chi connectivity index (χ1n) is 6.36. The fourth-order valence-corrected chi connectivity index (χ4v) is 1.61. The summed E-state index contributed by atoms with van der Waals surface area (Å²) in [4.78, 5) is 12.0. The number of hydrogen-bond donors (Lipinski definition) is 4. The van der Waals surface area contributed by atoms with Gasteiger partial charge in [0.25, 0.3) is 0 Å². The second-order valence-electron chi connectivity index (χ2n) is 5.04. The number of phenols is 1. The number of phenolic OH excluding ortho intramolecular Hbond substituents is 1. The lowest BCUT2D eigenvalue weighted by atomic mass is 9.98. The molecule has 1 rings (SSSR count). The molecular formula is C14H22N2O3. The number of nitrogens with one attached hydrogen (secondary N) is 1. The molecule has 1 aromatic carbocycles. The molecular weight excluding hydrogens is 244 g/mol. The van der Waals surface area contributed by atoms with Crippen molar-refractivity contribution in [1.29, 1.82) is 0 Å². The monoisotopic (exact) mass is 266 g/mol. The van der Waals surface area contributed by atoms with Crippen LogP contribution in [0, 0.1) is 0 Å². The minimum atomic E-state index is -0.679. The van der Waals surface area contributed by atoms with Crippen molar-refractivity contribution in [3.05, 3.63) is 29.8 Å². The molecule has 0 aromatic heterocycles. The molecule has 2 atom stereocenters. The van der Waals surface area contributed by atoms with E-state index in [1.54, 1.807) is 31.2 Å². The maximum atomic E-state index is 12.0. The molecule has 106 valence electrons. The largest absolute Gasteiger partial charge is 0.508 e. The van der Waals surface area contributed by atoms with Gasteiger partial charge in [-0.1, -0.05) is 19.1 Å². The highest BCUT2D eigenvalue weighted by Gasteiger charge is 2.26. The Hall–Kier alpha value is -1.59. The van der Waals surface area contributed by atoms with Gasteiger partial charge in [0, 0.05) is 0 Å². The highest BCUT2D eigenvalue weighted by Crippen LogP contribution is 2.12. The number of carbonyl (C=O) groups is 1. The van der Waals surface area contributed by atoms with Gasteiger partial charge in [-0.3, -0.25) is 4.79 Å². The summed E-state index contributed by atoms with van der Waals surface area (Å²) in [6.45, 7) is 3.54. The molecule has 19 heavy (non-hydrogen) atoms. The maximum absolute atomic E-state index is 12.0. The van der Waals surface area contributed by atoms with E-state index in [0.717, 1.165) is 5.56 Å². The molecule has 1 amide bonds. The maximum Gasteiger partial charge on any atom is 0.237 e. The SMILES string of the molecule is CCC(C)(CO)NC(=O)[C@H](N)Cc1ccc(O)cc1. The van der Waals surface area contributed by atoms with Crippen LogP contribution in [0.15, 0.2) is 24.3 Å². The summed E-state index contributed by atoms with van der Waals surface area (Å²) in [5.74, 6) is -0.105. The van der Waals surface area contributed by atoms with Crippen molar-refractivity contribution in [3.8, 4) is 5.75 Å². The zero-order valence-corrected chi connectivity index (χ0v) is 11.4. The molecule has 0 bridgehead atoms. The fourth-order valence-electron chi connectivity index (χ4n) is 1.61. The molecule has 0 aliphatic heterocycles. The lowest BCUT2D eigenvalue weighted by molar-refractivity contribution is -0.124. The molecule has 0 heterocycles. The molecule has 1 unspecified atom stereocenters. The van der Waals surface area contributed by atoms with Crippen LogP contribution >= 0.6 is 0 Å². The summed E-state index contributed by atoms with van der Waals surface area (Å²) in [5, 5.41) is 21.2. The quantitative estimate of drug-likeness (QED) is 0.604. The Bertz CT molecular complexity index is 413. The highest BCUT2D eigenvalue weighted by atomic mass is 16.3. The predicted molar refractivity (Wildman–Crippen MR) is 73.7 cm³/mol. The number of aliphatic hydroxyl groups excluding tert-OH is 1. The molecule has 0 saturated heterocycles. The van der Waals surface area contributed by atoms with Crippen LogP contribution in [0.25, 0.3) is 0 Å². The summed E-state index contributed by atoms with van der Waals surface area (Å²) < 4.78 is 0. The van der Waals surface area contributed by atoms with Gasteiger partial charge in [-0.2, -0.15) is 0 Å². The van der Waals surface area contributed by atoms with Crippen molar-refractivity contribution in [1.82, 2.24) is 5.32 Å². The molecule has 0 radical (unpaired) electrons. The number of benzene rings is 1. The van der Waals surface area contributed by atoms with Crippen LogP contribution in [0.4, 0.5) is 0 Å². The van der Waals surface area contributed by atoms with Crippen LogP contribution in [0.2, 0.25) is 0 Å². The van der Waals surface area contributed by atoms with Gasteiger partial charge in [0.05, 0.1) is 18.2 Å². The van der Waals surface area contributed by atoms with E-state index in [9.17, 15) is 15.0 Å². The molecule has 5 nitrogen and oxygen atoms in total. The third-order valence-electron chi connectivity index (χ3n) is 3.28. The van der Waals surface area contributed by atoms with Crippen LogP contribution in [0.1, 0.15) is 25.8 Å². The Morgan fingerprint density at radius 3 is 2.47 bits per heavy atom. The van der Waals surface area contributed by atoms with Gasteiger partial charge >= 0.3 is 0 Å². The number of hydrogen-bond acceptors (Lipinski definition) is 4. The van der Waals surface area contributed by atoms with Gasteiger partial charge in [-0.25, -0.2) is 0 Å². The topological polar surface area (TPSA) is 95.6 Å². The average Bonchev–Trinajstić information content (AvgIpc) is 2.41. The first-order chi connectivity index (χ1) is 8.90. The van der Waals surface area contributed by atoms with Crippen LogP contribution in [-0.2, 0) is 11.2 Å². The molecule has 5 N–H and O–H groups in total. The summed E-state index contributed by atoms with van der Waals surface area (Å²) >= 11 is 0. The Labute approximate surface area is 113 Å². The molecule has 0 saturated carbocycles. The molecule has 0 aliphatic carbocycles. The molecule has 0 aliphatic rings. The van der Waals surface area contributed by atoms with E-state index >= 15 is 0 Å². The van der Waals surface area contributed by atoms with Crippen LogP contribution < -0.4 is 11.1 Å². The van der Waals surface area contributed by atoms with E-state index in [1.165, 1.54) is 0 Å². The number of carbonyl (C=O) groups excluding carboxylic acids is 1. The molecule has 5 heteroatoms. The van der Waals surface area contributed by atoms with E-state index in [2.05, 4.69) is 5.32 Å². The normalized spacial score (nSPS) is 15.6. The molecule has 0 spiro atoms. The second-order valence-corrected chi connectivity index (χ2v) is 5.04. The Kier molecular flexibility index (Phi) is 5.32. The van der Waals surface area contributed by atoms with Gasteiger partial charge in [0.15, 0.2) is 0 Å². The van der Waals surface area contributed by atoms with E-state index in [1.807, 2.05) is 6.92 Å². The van der Waals surface area contributed by atoms with E-state index in [-0.39, 0.29) is 18.3 Å². The van der Waals surface area contributed by atoms with Crippen molar-refractivity contribution in [2.75, 3.05) is 6.61 Å². The van der Waals surface area contributed by atoms with E-state index in [0.29, 0.717) is 12.8 Å². The minimum absolute atomic E-state index is 0.124. The van der Waals surface area contributed by atoms with E-state index < -0.39 is 11.6 Å². The van der Waals surface area contributed by atoms with Crippen molar-refractivity contribution in [2.45, 2.75) is 38.3 Å². The first-order valence-corrected chi connectivity index (χ1v) is 6.36. The summed E-state index contributed by atoms with van der Waals surface area (Å²) in [7, 11) is 0. The van der Waals surface area contributed by atoms with Crippen molar-refractivity contribution >= 4 is 5.91 Å². The van der Waals surface area contributed by atoms with Crippen LogP contribution in [0.3, 0.4) is 0 Å². The second kappa shape index (κ2) is 6.54. The Balaban J connectivity index is 2.60. The van der Waals surface area contributed by atoms with Crippen molar-refractivity contribution in [2.24, 2.45) is 5.73 Å². The van der Waals surface area contributed by atoms with Gasteiger partial charge in [0.2, 0.25) is 5.91 Å². The lowest BCUT2D eigenvalue weighted by Crippen LogP contribution is -2.54. The number of aliphatic hydroxyl groups is 1. The van der Waals surface area contributed by atoms with Crippen molar-refractivity contribution in [3.63, 3.8) is 0 Å². The van der Waals surface area contributed by atoms with Gasteiger partial charge in [-0.15, -0.1) is 0 Å². The molecule has 1 aromatic rings. The predicted octanol–water partition coefficient (Wildman–Crippen LogP) is 0.539. The van der Waals surface area contributed by atoms with E-state index in [4.69, 9.17) is 5.73 Å². The lowest BCUT2D eigenvalue weighted by Gasteiger charge is -2.28. The third-order valence-corrected chi connectivity index (χ3v) is 3.28. The Morgan fingerprint density at radius 2 is 2.00 bits per heavy atom. The van der Waals surface area contributed by atoms with Crippen molar-refractivity contribution < 1.29 is 15.0 Å². The molecule has 0 fully saturated rings. The number of amides is 1. The number of nitrogens with two attached hydrogens (primary N) is 1.